The zero-order valence-corrected chi connectivity index (χ0v) is 22.2. The maximum absolute atomic E-state index is 14.6. The van der Waals surface area contributed by atoms with Gasteiger partial charge in [0.15, 0.2) is 23.3 Å². The number of hydrogen-bond donors (Lipinski definition) is 1. The average molecular weight is 486 g/mol. The van der Waals surface area contributed by atoms with Crippen LogP contribution in [0.1, 0.15) is 54.9 Å². The van der Waals surface area contributed by atoms with E-state index in [0.717, 1.165) is 6.42 Å². The van der Waals surface area contributed by atoms with Gasteiger partial charge in [-0.05, 0) is 55.6 Å². The molecule has 1 amide bonds. The third-order valence-electron chi connectivity index (χ3n) is 9.14. The van der Waals surface area contributed by atoms with E-state index in [2.05, 4.69) is 26.7 Å². The minimum absolute atomic E-state index is 0.0555. The number of nitrogens with zero attached hydrogens (tertiary/aromatic N) is 1. The average Bonchev–Trinajstić information content (AvgIpc) is 2.92. The van der Waals surface area contributed by atoms with Crippen LogP contribution in [-0.2, 0) is 19.0 Å². The van der Waals surface area contributed by atoms with E-state index in [9.17, 15) is 14.7 Å². The van der Waals surface area contributed by atoms with Crippen molar-refractivity contribution in [3.63, 3.8) is 0 Å². The van der Waals surface area contributed by atoms with Crippen molar-refractivity contribution in [2.45, 2.75) is 78.5 Å². The summed E-state index contributed by atoms with van der Waals surface area (Å²) in [6.07, 6.45) is 7.30. The smallest absolute Gasteiger partial charge is 0.411 e. The summed E-state index contributed by atoms with van der Waals surface area (Å²) >= 11 is 0. The Balaban J connectivity index is 1.95. The van der Waals surface area contributed by atoms with Crippen LogP contribution < -0.4 is 0 Å². The topological polar surface area (TPSA) is 85.3 Å². The Morgan fingerprint density at radius 1 is 1.29 bits per heavy atom. The highest BCUT2D eigenvalue weighted by molar-refractivity contribution is 5.95. The van der Waals surface area contributed by atoms with Gasteiger partial charge in [0, 0.05) is 13.0 Å². The van der Waals surface area contributed by atoms with Gasteiger partial charge in [-0.1, -0.05) is 45.8 Å². The van der Waals surface area contributed by atoms with Crippen LogP contribution in [-0.4, -0.2) is 65.7 Å². The number of Topliss-reactive ketones (excluding diaryl/α,β-unsaturated/α-hetero) is 1. The molecule has 0 aromatic rings. The number of amides is 1. The van der Waals surface area contributed by atoms with Gasteiger partial charge < -0.3 is 24.2 Å². The molecule has 4 rings (SSSR count). The number of ether oxygens (including phenoxy) is 3. The summed E-state index contributed by atoms with van der Waals surface area (Å²) in [5.74, 6) is 0.920. The first-order valence-corrected chi connectivity index (χ1v) is 12.5. The maximum atomic E-state index is 14.6. The van der Waals surface area contributed by atoms with Crippen LogP contribution in [0.15, 0.2) is 23.3 Å². The first-order valence-electron chi connectivity index (χ1n) is 12.5. The normalized spacial score (nSPS) is 41.3. The molecule has 3 aliphatic carbocycles. The molecule has 1 N–H and O–H groups in total. The summed E-state index contributed by atoms with van der Waals surface area (Å²) in [6.45, 7) is 14.1. The highest BCUT2D eigenvalue weighted by Gasteiger charge is 2.74. The van der Waals surface area contributed by atoms with Crippen LogP contribution in [0, 0.1) is 40.9 Å². The number of carbonyl (C=O) groups is 2. The van der Waals surface area contributed by atoms with Gasteiger partial charge in [-0.15, -0.1) is 6.42 Å². The summed E-state index contributed by atoms with van der Waals surface area (Å²) in [5.41, 5.74) is -2.15. The van der Waals surface area contributed by atoms with Gasteiger partial charge in [-0.2, -0.15) is 0 Å². The van der Waals surface area contributed by atoms with Gasteiger partial charge in [0.05, 0.1) is 18.6 Å². The molecule has 1 heterocycles. The molecule has 7 nitrogen and oxygen atoms in total. The molecule has 0 aromatic heterocycles. The van der Waals surface area contributed by atoms with Crippen LogP contribution in [0.3, 0.4) is 0 Å². The number of fused-ring (bicyclic) bond motifs is 3. The highest BCUT2D eigenvalue weighted by atomic mass is 16.7. The standard InChI is InChI=1S/C28H39NO6/c1-10-11-29(9)24(31)34-22-16(2)14-27-18(4)12-17(3)25(5,6)20(21(27)30)13-19-15-33-26(7,8)35-23(19)28(22,27)32/h1,13-14,17-18,20,22-23,32H,11-12,15H2,2-9H3/t17-,18+,20+,22-,23+,27-,28+/m0/s1. The molecule has 7 heteroatoms. The molecule has 1 saturated heterocycles. The molecule has 4 aliphatic rings. The Hall–Kier alpha value is -2.14. The Morgan fingerprint density at radius 2 is 1.94 bits per heavy atom. The van der Waals surface area contributed by atoms with E-state index in [-0.39, 0.29) is 36.2 Å². The predicted octanol–water partition coefficient (Wildman–Crippen LogP) is 3.71. The fourth-order valence-electron chi connectivity index (χ4n) is 6.75. The third-order valence-corrected chi connectivity index (χ3v) is 9.14. The lowest BCUT2D eigenvalue weighted by Gasteiger charge is -2.52. The third kappa shape index (κ3) is 3.52. The second-order valence-electron chi connectivity index (χ2n) is 12.0. The number of carbonyl (C=O) groups excluding carboxylic acids is 2. The van der Waals surface area contributed by atoms with Gasteiger partial charge >= 0.3 is 6.09 Å². The van der Waals surface area contributed by atoms with E-state index in [0.29, 0.717) is 11.1 Å². The Labute approximate surface area is 208 Å². The second kappa shape index (κ2) is 8.19. The number of aliphatic hydroxyl groups is 1. The molecule has 35 heavy (non-hydrogen) atoms. The van der Waals surface area contributed by atoms with Crippen molar-refractivity contribution in [1.82, 2.24) is 4.90 Å². The zero-order chi connectivity index (χ0) is 26.1. The lowest BCUT2D eigenvalue weighted by molar-refractivity contribution is -0.303. The van der Waals surface area contributed by atoms with Crippen molar-refractivity contribution in [3.8, 4) is 12.3 Å². The maximum Gasteiger partial charge on any atom is 0.411 e. The van der Waals surface area contributed by atoms with E-state index in [1.165, 1.54) is 4.90 Å². The van der Waals surface area contributed by atoms with Gasteiger partial charge in [-0.3, -0.25) is 4.79 Å². The lowest BCUT2D eigenvalue weighted by atomic mass is 9.59. The van der Waals surface area contributed by atoms with Crippen molar-refractivity contribution in [1.29, 1.82) is 0 Å². The number of allylic oxidation sites excluding steroid dienone is 1. The lowest BCUT2D eigenvalue weighted by Crippen LogP contribution is -2.68. The molecule has 0 radical (unpaired) electrons. The predicted molar refractivity (Wildman–Crippen MR) is 131 cm³/mol. The van der Waals surface area contributed by atoms with Crippen molar-refractivity contribution < 1.29 is 28.9 Å². The van der Waals surface area contributed by atoms with E-state index in [1.807, 2.05) is 26.0 Å². The monoisotopic (exact) mass is 485 g/mol. The zero-order valence-electron chi connectivity index (χ0n) is 22.2. The fourth-order valence-corrected chi connectivity index (χ4v) is 6.75. The number of rotatable bonds is 2. The molecule has 7 atom stereocenters. The van der Waals surface area contributed by atoms with Crippen LogP contribution in [0.25, 0.3) is 0 Å². The molecule has 192 valence electrons. The molecule has 2 bridgehead atoms. The van der Waals surface area contributed by atoms with Crippen LogP contribution in [0.4, 0.5) is 4.79 Å². The molecule has 2 fully saturated rings. The van der Waals surface area contributed by atoms with Gasteiger partial charge in [0.1, 0.15) is 6.10 Å². The Morgan fingerprint density at radius 3 is 2.57 bits per heavy atom. The van der Waals surface area contributed by atoms with Gasteiger partial charge in [-0.25, -0.2) is 4.79 Å². The molecule has 0 unspecified atom stereocenters. The highest BCUT2D eigenvalue weighted by Crippen LogP contribution is 2.63. The summed E-state index contributed by atoms with van der Waals surface area (Å²) in [4.78, 5) is 28.9. The Kier molecular flexibility index (Phi) is 6.07. The van der Waals surface area contributed by atoms with Crippen LogP contribution in [0.5, 0.6) is 0 Å². The van der Waals surface area contributed by atoms with E-state index in [4.69, 9.17) is 20.6 Å². The number of terminal acetylenes is 1. The summed E-state index contributed by atoms with van der Waals surface area (Å²) in [7, 11) is 1.54. The van der Waals surface area contributed by atoms with Crippen molar-refractivity contribution in [2.75, 3.05) is 20.2 Å². The van der Waals surface area contributed by atoms with Crippen molar-refractivity contribution >= 4 is 11.9 Å². The molecule has 1 saturated carbocycles. The fraction of sp³-hybridized carbons (Fsp3) is 0.714. The minimum atomic E-state index is -1.85. The molecular weight excluding hydrogens is 446 g/mol. The quantitative estimate of drug-likeness (QED) is 0.474. The van der Waals surface area contributed by atoms with E-state index < -0.39 is 41.0 Å². The summed E-state index contributed by atoms with van der Waals surface area (Å²) < 4.78 is 18.3. The van der Waals surface area contributed by atoms with E-state index >= 15 is 0 Å². The molecular formula is C28H39NO6. The van der Waals surface area contributed by atoms with Crippen LogP contribution >= 0.6 is 0 Å². The molecule has 1 spiro atoms. The summed E-state index contributed by atoms with van der Waals surface area (Å²) in [5, 5.41) is 12.9. The van der Waals surface area contributed by atoms with Gasteiger partial charge in [0.25, 0.3) is 0 Å². The van der Waals surface area contributed by atoms with Gasteiger partial charge in [0.2, 0.25) is 0 Å². The van der Waals surface area contributed by atoms with Crippen molar-refractivity contribution in [3.05, 3.63) is 23.3 Å². The van der Waals surface area contributed by atoms with E-state index in [1.54, 1.807) is 20.9 Å². The SMILES string of the molecule is C#CCN(C)C(=O)O[C@H]1C(C)=C[C@]23C(=O)[C@@H](C=C4COC(C)(C)O[C@H]4[C@]12O)C(C)(C)[C@@H](C)C[C@H]3C. The Bertz CT molecular complexity index is 1030. The first-order chi connectivity index (χ1) is 16.1. The first kappa shape index (κ1) is 25.9. The number of hydrogen-bond acceptors (Lipinski definition) is 6. The largest absolute Gasteiger partial charge is 0.438 e. The minimum Gasteiger partial charge on any atom is -0.438 e. The molecule has 0 aromatic carbocycles. The second-order valence-corrected chi connectivity index (χ2v) is 12.0. The van der Waals surface area contributed by atoms with Crippen LogP contribution in [0.2, 0.25) is 0 Å². The van der Waals surface area contributed by atoms with Crippen molar-refractivity contribution in [2.24, 2.45) is 28.6 Å². The number of ketones is 1. The molecule has 1 aliphatic heterocycles. The summed E-state index contributed by atoms with van der Waals surface area (Å²) in [6, 6.07) is 0.